The monoisotopic (exact) mass is 251 g/mol. The fourth-order valence-corrected chi connectivity index (χ4v) is 6.45. The van der Waals surface area contributed by atoms with Gasteiger partial charge in [-0.25, -0.2) is 0 Å². The normalized spacial score (nSPS) is 20.3. The summed E-state index contributed by atoms with van der Waals surface area (Å²) >= 11 is 0. The van der Waals surface area contributed by atoms with Crippen LogP contribution in [0.25, 0.3) is 0 Å². The van der Waals surface area contributed by atoms with E-state index < -0.39 is 7.14 Å². The first kappa shape index (κ1) is 11.2. The molecule has 2 saturated carbocycles. The zero-order chi connectivity index (χ0) is 12.0. The summed E-state index contributed by atoms with van der Waals surface area (Å²) in [6.45, 7) is 0. The van der Waals surface area contributed by atoms with Crippen LogP contribution in [0.4, 0.5) is 5.69 Å². The zero-order valence-corrected chi connectivity index (χ0v) is 11.0. The molecule has 2 fully saturated rings. The summed E-state index contributed by atoms with van der Waals surface area (Å²) < 4.78 is 18.5. The van der Waals surface area contributed by atoms with Gasteiger partial charge in [-0.2, -0.15) is 0 Å². The van der Waals surface area contributed by atoms with Crippen molar-refractivity contribution in [1.29, 1.82) is 0 Å². The van der Waals surface area contributed by atoms with Crippen LogP contribution in [0.15, 0.2) is 18.2 Å². The number of anilines is 1. The van der Waals surface area contributed by atoms with Crippen molar-refractivity contribution >= 4 is 18.1 Å². The number of nitrogen functional groups attached to an aromatic ring is 1. The minimum absolute atomic E-state index is 0.434. The molecule has 0 aliphatic heterocycles. The van der Waals surface area contributed by atoms with Crippen LogP contribution in [0.2, 0.25) is 0 Å². The minimum atomic E-state index is -2.19. The van der Waals surface area contributed by atoms with Gasteiger partial charge in [0.15, 0.2) is 0 Å². The van der Waals surface area contributed by atoms with Crippen LogP contribution in [0, 0.1) is 0 Å². The first-order valence-electron chi connectivity index (χ1n) is 6.19. The maximum Gasteiger partial charge on any atom is 0.142 e. The molecule has 0 aromatic heterocycles. The number of hydrogen-bond donors (Lipinski definition) is 1. The third-order valence-corrected chi connectivity index (χ3v) is 8.09. The number of hydrogen-bond acceptors (Lipinski definition) is 3. The van der Waals surface area contributed by atoms with E-state index in [1.54, 1.807) is 7.11 Å². The maximum absolute atomic E-state index is 13.2. The molecule has 2 aliphatic rings. The van der Waals surface area contributed by atoms with Gasteiger partial charge in [0.1, 0.15) is 12.9 Å². The van der Waals surface area contributed by atoms with E-state index in [0.29, 0.717) is 22.8 Å². The molecule has 2 aliphatic carbocycles. The van der Waals surface area contributed by atoms with Crippen LogP contribution in [-0.4, -0.2) is 18.4 Å². The molecule has 2 N–H and O–H groups in total. The summed E-state index contributed by atoms with van der Waals surface area (Å²) in [5, 5.41) is 0.980. The number of methoxy groups -OCH3 is 1. The number of rotatable bonds is 4. The van der Waals surface area contributed by atoms with Crippen molar-refractivity contribution in [2.24, 2.45) is 0 Å². The van der Waals surface area contributed by atoms with E-state index >= 15 is 0 Å². The number of benzene rings is 1. The van der Waals surface area contributed by atoms with E-state index in [1.165, 1.54) is 0 Å². The molecule has 0 radical (unpaired) electrons. The van der Waals surface area contributed by atoms with Gasteiger partial charge in [-0.3, -0.25) is 0 Å². The fraction of sp³-hybridized carbons (Fsp3) is 0.538. The molecule has 17 heavy (non-hydrogen) atoms. The molecule has 0 bridgehead atoms. The van der Waals surface area contributed by atoms with Gasteiger partial charge in [-0.15, -0.1) is 0 Å². The van der Waals surface area contributed by atoms with Crippen LogP contribution in [0.3, 0.4) is 0 Å². The molecule has 0 spiro atoms. The molecule has 0 atom stereocenters. The second kappa shape index (κ2) is 3.78. The number of ether oxygens (including phenoxy) is 1. The molecule has 3 nitrogen and oxygen atoms in total. The lowest BCUT2D eigenvalue weighted by atomic mass is 10.3. The van der Waals surface area contributed by atoms with Gasteiger partial charge < -0.3 is 15.0 Å². The highest BCUT2D eigenvalue weighted by Crippen LogP contribution is 2.69. The van der Waals surface area contributed by atoms with Crippen molar-refractivity contribution < 1.29 is 9.30 Å². The smallest absolute Gasteiger partial charge is 0.142 e. The number of nitrogens with two attached hydrogens (primary N) is 1. The Bertz CT molecular complexity index is 476. The van der Waals surface area contributed by atoms with Crippen molar-refractivity contribution in [2.75, 3.05) is 12.8 Å². The standard InChI is InChI=1S/C13H18NO2P/c1-16-13-8-11(6-7-12(13)14)17(15,9-2-3-9)10-4-5-10/h6-10H,2-5,14H2,1H3. The van der Waals surface area contributed by atoms with E-state index in [9.17, 15) is 4.57 Å². The fourth-order valence-electron chi connectivity index (χ4n) is 2.55. The van der Waals surface area contributed by atoms with E-state index in [4.69, 9.17) is 10.5 Å². The highest BCUT2D eigenvalue weighted by Gasteiger charge is 2.51. The SMILES string of the molecule is COc1cc(P(=O)(C2CC2)C2CC2)ccc1N. The van der Waals surface area contributed by atoms with Crippen molar-refractivity contribution in [2.45, 2.75) is 37.0 Å². The van der Waals surface area contributed by atoms with Crippen molar-refractivity contribution in [3.63, 3.8) is 0 Å². The largest absolute Gasteiger partial charge is 0.495 e. The highest BCUT2D eigenvalue weighted by molar-refractivity contribution is 7.73. The van der Waals surface area contributed by atoms with Crippen LogP contribution < -0.4 is 15.8 Å². The maximum atomic E-state index is 13.2. The van der Waals surface area contributed by atoms with E-state index in [2.05, 4.69) is 0 Å². The molecule has 3 rings (SSSR count). The first-order valence-corrected chi connectivity index (χ1v) is 8.04. The van der Waals surface area contributed by atoms with Crippen molar-refractivity contribution in [3.05, 3.63) is 18.2 Å². The Balaban J connectivity index is 2.04. The summed E-state index contributed by atoms with van der Waals surface area (Å²) in [7, 11) is -0.583. The van der Waals surface area contributed by atoms with Crippen LogP contribution in [0.1, 0.15) is 25.7 Å². The Kier molecular flexibility index (Phi) is 2.48. The van der Waals surface area contributed by atoms with Crippen molar-refractivity contribution in [3.8, 4) is 5.75 Å². The molecule has 1 aromatic carbocycles. The topological polar surface area (TPSA) is 52.3 Å². The van der Waals surface area contributed by atoms with Crippen molar-refractivity contribution in [1.82, 2.24) is 0 Å². The molecule has 0 saturated heterocycles. The lowest BCUT2D eigenvalue weighted by Crippen LogP contribution is -2.13. The van der Waals surface area contributed by atoms with E-state index in [1.807, 2.05) is 18.2 Å². The molecular weight excluding hydrogens is 233 g/mol. The average molecular weight is 251 g/mol. The Hall–Kier alpha value is -0.950. The van der Waals surface area contributed by atoms with Gasteiger partial charge in [-0.1, -0.05) is 0 Å². The first-order chi connectivity index (χ1) is 8.16. The van der Waals surface area contributed by atoms with Gasteiger partial charge in [0.25, 0.3) is 0 Å². The summed E-state index contributed by atoms with van der Waals surface area (Å²) in [5.74, 6) is 0.657. The van der Waals surface area contributed by atoms with Gasteiger partial charge in [0.2, 0.25) is 0 Å². The Labute approximate surface area is 102 Å². The molecule has 4 heteroatoms. The van der Waals surface area contributed by atoms with Crippen LogP contribution in [0.5, 0.6) is 5.75 Å². The Morgan fingerprint density at radius 1 is 1.24 bits per heavy atom. The summed E-state index contributed by atoms with van der Waals surface area (Å²) in [6.07, 6.45) is 4.50. The lowest BCUT2D eigenvalue weighted by Gasteiger charge is -2.19. The molecule has 0 unspecified atom stereocenters. The predicted octanol–water partition coefficient (Wildman–Crippen LogP) is 2.59. The van der Waals surface area contributed by atoms with Crippen LogP contribution >= 0.6 is 7.14 Å². The van der Waals surface area contributed by atoms with Crippen LogP contribution in [-0.2, 0) is 4.57 Å². The Morgan fingerprint density at radius 3 is 2.29 bits per heavy atom. The summed E-state index contributed by atoms with van der Waals surface area (Å²) in [5.41, 5.74) is 7.30. The average Bonchev–Trinajstić information content (AvgIpc) is 3.20. The van der Waals surface area contributed by atoms with Gasteiger partial charge >= 0.3 is 0 Å². The Morgan fingerprint density at radius 2 is 1.82 bits per heavy atom. The van der Waals surface area contributed by atoms with Gasteiger partial charge in [0, 0.05) is 16.6 Å². The summed E-state index contributed by atoms with van der Waals surface area (Å²) in [4.78, 5) is 0. The zero-order valence-electron chi connectivity index (χ0n) is 10.1. The second-order valence-corrected chi connectivity index (χ2v) is 8.49. The van der Waals surface area contributed by atoms with Gasteiger partial charge in [-0.05, 0) is 43.9 Å². The molecule has 0 heterocycles. The van der Waals surface area contributed by atoms with E-state index in [-0.39, 0.29) is 0 Å². The van der Waals surface area contributed by atoms with E-state index in [0.717, 1.165) is 31.0 Å². The highest BCUT2D eigenvalue weighted by atomic mass is 31.2. The third kappa shape index (κ3) is 1.77. The second-order valence-electron chi connectivity index (χ2n) is 5.10. The van der Waals surface area contributed by atoms with Gasteiger partial charge in [0.05, 0.1) is 12.8 Å². The molecule has 92 valence electrons. The minimum Gasteiger partial charge on any atom is -0.495 e. The molecular formula is C13H18NO2P. The quantitative estimate of drug-likeness (QED) is 0.661. The predicted molar refractivity (Wildman–Crippen MR) is 70.7 cm³/mol. The summed E-state index contributed by atoms with van der Waals surface area (Å²) in [6, 6.07) is 5.66. The lowest BCUT2D eigenvalue weighted by molar-refractivity contribution is 0.417. The molecule has 0 amide bonds. The third-order valence-electron chi connectivity index (χ3n) is 3.80. The molecule has 1 aromatic rings.